The Kier molecular flexibility index (Phi) is 12.5. The molecule has 0 saturated carbocycles. The van der Waals surface area contributed by atoms with Gasteiger partial charge < -0.3 is 22.9 Å². The lowest BCUT2D eigenvalue weighted by atomic mass is 9.65. The van der Waals surface area contributed by atoms with Crippen molar-refractivity contribution < 1.29 is 0 Å². The molecule has 4 nitrogen and oxygen atoms in total. The van der Waals surface area contributed by atoms with Crippen LogP contribution in [0.25, 0.3) is 61.0 Å². The van der Waals surface area contributed by atoms with Crippen molar-refractivity contribution in [3.8, 4) is 33.4 Å². The first-order chi connectivity index (χ1) is 34.2. The van der Waals surface area contributed by atoms with Crippen LogP contribution in [0, 0.1) is 0 Å². The van der Waals surface area contributed by atoms with Gasteiger partial charge in [-0.2, -0.15) is 0 Å². The molecule has 0 spiro atoms. The average molecular weight is 905 g/mol. The van der Waals surface area contributed by atoms with Crippen LogP contribution in [0.1, 0.15) is 57.6 Å². The predicted octanol–water partition coefficient (Wildman–Crippen LogP) is 14.9. The number of fused-ring (bicyclic) bond motifs is 5. The number of anilines is 1. The molecule has 1 aliphatic rings. The first kappa shape index (κ1) is 45.4. The van der Waals surface area contributed by atoms with Crippen LogP contribution >= 0.6 is 0 Å². The Balaban J connectivity index is 0.000000323. The summed E-state index contributed by atoms with van der Waals surface area (Å²) >= 11 is 0. The van der Waals surface area contributed by atoms with Gasteiger partial charge in [0.05, 0.1) is 17.1 Å². The van der Waals surface area contributed by atoms with Crippen molar-refractivity contribution in [3.63, 3.8) is 0 Å². The second-order valence-electron chi connectivity index (χ2n) is 18.2. The Morgan fingerprint density at radius 2 is 1.00 bits per heavy atom. The van der Waals surface area contributed by atoms with E-state index in [1.807, 2.05) is 72.8 Å². The maximum atomic E-state index is 7.41. The van der Waals surface area contributed by atoms with Crippen LogP contribution in [0.5, 0.6) is 0 Å². The third-order valence-corrected chi connectivity index (χ3v) is 14.0. The molecule has 0 heterocycles. The van der Waals surface area contributed by atoms with Crippen molar-refractivity contribution in [1.82, 2.24) is 0 Å². The molecule has 8 N–H and O–H groups in total. The van der Waals surface area contributed by atoms with Gasteiger partial charge >= 0.3 is 0 Å². The van der Waals surface area contributed by atoms with E-state index in [2.05, 4.69) is 189 Å². The zero-order chi connectivity index (χ0) is 48.2. The summed E-state index contributed by atoms with van der Waals surface area (Å²) in [5.74, 6) is 0. The van der Waals surface area contributed by atoms with Gasteiger partial charge in [0.25, 0.3) is 0 Å². The van der Waals surface area contributed by atoms with Gasteiger partial charge in [0, 0.05) is 11.1 Å². The van der Waals surface area contributed by atoms with E-state index in [0.29, 0.717) is 0 Å². The van der Waals surface area contributed by atoms with Crippen LogP contribution in [-0.2, 0) is 11.0 Å². The van der Waals surface area contributed by atoms with Crippen molar-refractivity contribution >= 4 is 33.3 Å². The highest BCUT2D eigenvalue weighted by molar-refractivity contribution is 6.01. The Hall–Kier alpha value is -8.38. The van der Waals surface area contributed by atoms with Crippen LogP contribution in [0.2, 0.25) is 0 Å². The van der Waals surface area contributed by atoms with E-state index in [-0.39, 0.29) is 0 Å². The lowest BCUT2D eigenvalue weighted by Crippen LogP contribution is -2.34. The number of nitrogen functional groups attached to an aromatic ring is 1. The fourth-order valence-electron chi connectivity index (χ4n) is 10.4. The molecular formula is C66H56N4. The van der Waals surface area contributed by atoms with E-state index in [9.17, 15) is 0 Å². The second-order valence-corrected chi connectivity index (χ2v) is 18.2. The molecule has 0 aromatic heterocycles. The molecule has 0 saturated heterocycles. The minimum atomic E-state index is -0.727. The third kappa shape index (κ3) is 8.25. The molecule has 0 fully saturated rings. The summed E-state index contributed by atoms with van der Waals surface area (Å²) < 4.78 is 0. The van der Waals surface area contributed by atoms with Crippen molar-refractivity contribution in [3.05, 3.63) is 300 Å². The zero-order valence-electron chi connectivity index (χ0n) is 39.3. The molecule has 10 aromatic carbocycles. The maximum Gasteiger partial charge on any atom is 0.0784 e. The van der Waals surface area contributed by atoms with Crippen LogP contribution < -0.4 is 22.9 Å². The summed E-state index contributed by atoms with van der Waals surface area (Å²) in [6, 6.07) is 79.2. The molecule has 11 rings (SSSR count). The lowest BCUT2D eigenvalue weighted by Gasteiger charge is -2.36. The van der Waals surface area contributed by atoms with E-state index in [1.54, 1.807) is 6.08 Å². The number of nitrogens with two attached hydrogens (primary N) is 4. The fourth-order valence-corrected chi connectivity index (χ4v) is 10.4. The largest absolute Gasteiger partial charge is 0.398 e. The van der Waals surface area contributed by atoms with Crippen molar-refractivity contribution in [2.24, 2.45) is 17.2 Å². The van der Waals surface area contributed by atoms with Crippen molar-refractivity contribution in [2.75, 3.05) is 5.73 Å². The van der Waals surface area contributed by atoms with E-state index < -0.39 is 17.1 Å². The van der Waals surface area contributed by atoms with E-state index in [0.717, 1.165) is 55.4 Å². The standard InChI is InChI=1S/C53H42N2.C13H14N2/c1-3-4-5-9-25-44-42-23-12-10-17-36(42)28-31-48(44)53(50-33-29-37-18-11-13-24-43(37)51(50)54)47-27-15-14-26-45(47)46-35-39(30-32-49(46)53)38-19-16-22-41(34-38)52(2,55)40-20-7-6-8-21-40;14-13(15)12-8-6-11(7-9-12)10-4-2-1-3-5-10/h3-35H,1,54-55H2,2H3;1-9,13H,14-15H2/b5-4-,25-9-;. The summed E-state index contributed by atoms with van der Waals surface area (Å²) in [5.41, 5.74) is 41.0. The predicted molar refractivity (Wildman–Crippen MR) is 297 cm³/mol. The summed E-state index contributed by atoms with van der Waals surface area (Å²) in [7, 11) is 0. The van der Waals surface area contributed by atoms with Crippen LogP contribution in [0.3, 0.4) is 0 Å². The minimum Gasteiger partial charge on any atom is -0.398 e. The monoisotopic (exact) mass is 904 g/mol. The Bertz CT molecular complexity index is 3570. The topological polar surface area (TPSA) is 104 Å². The molecule has 2 unspecified atom stereocenters. The molecule has 340 valence electrons. The highest BCUT2D eigenvalue weighted by Gasteiger charge is 2.48. The highest BCUT2D eigenvalue weighted by atomic mass is 14.8. The Morgan fingerprint density at radius 3 is 1.73 bits per heavy atom. The summed E-state index contributed by atoms with van der Waals surface area (Å²) in [5, 5.41) is 4.54. The Morgan fingerprint density at radius 1 is 0.457 bits per heavy atom. The van der Waals surface area contributed by atoms with Crippen LogP contribution in [-0.4, -0.2) is 0 Å². The number of benzene rings is 10. The SMILES string of the molecule is C=C/C=C\C=C/c1c(C2(c3ccc4ccccc4c3N)c3ccccc3-c3cc(-c4cccc(C(C)(N)c5ccccc5)c4)ccc32)ccc2ccccc12.NC(N)c1ccc(-c2ccccc2)cc1. The lowest BCUT2D eigenvalue weighted by molar-refractivity contribution is 0.603. The maximum absolute atomic E-state index is 7.41. The van der Waals surface area contributed by atoms with E-state index in [4.69, 9.17) is 22.9 Å². The molecule has 0 bridgehead atoms. The van der Waals surface area contributed by atoms with Crippen molar-refractivity contribution in [1.29, 1.82) is 0 Å². The highest BCUT2D eigenvalue weighted by Crippen LogP contribution is 2.59. The normalized spacial score (nSPS) is 14.9. The van der Waals surface area contributed by atoms with Gasteiger partial charge in [0.1, 0.15) is 0 Å². The Labute approximate surface area is 411 Å². The first-order valence-electron chi connectivity index (χ1n) is 23.8. The van der Waals surface area contributed by atoms with Gasteiger partial charge in [0.2, 0.25) is 0 Å². The number of rotatable bonds is 10. The molecule has 0 amide bonds. The van der Waals surface area contributed by atoms with E-state index in [1.165, 1.54) is 49.7 Å². The van der Waals surface area contributed by atoms with Gasteiger partial charge in [-0.3, -0.25) is 0 Å². The molecule has 0 radical (unpaired) electrons. The molecule has 2 atom stereocenters. The van der Waals surface area contributed by atoms with Gasteiger partial charge in [-0.1, -0.05) is 249 Å². The number of hydrogen-bond acceptors (Lipinski definition) is 4. The molecule has 1 aliphatic carbocycles. The van der Waals surface area contributed by atoms with Gasteiger partial charge in [-0.15, -0.1) is 0 Å². The third-order valence-electron chi connectivity index (χ3n) is 14.0. The molecule has 10 aromatic rings. The molecule has 70 heavy (non-hydrogen) atoms. The smallest absolute Gasteiger partial charge is 0.0784 e. The minimum absolute atomic E-state index is 0.394. The quantitative estimate of drug-likeness (QED) is 0.0623. The number of hydrogen-bond donors (Lipinski definition) is 4. The summed E-state index contributed by atoms with van der Waals surface area (Å²) in [6.45, 7) is 5.98. The fraction of sp³-hybridized carbons (Fsp3) is 0.0606. The summed E-state index contributed by atoms with van der Waals surface area (Å²) in [4.78, 5) is 0. The zero-order valence-corrected chi connectivity index (χ0v) is 39.3. The van der Waals surface area contributed by atoms with Gasteiger partial charge in [-0.05, 0) is 113 Å². The van der Waals surface area contributed by atoms with E-state index >= 15 is 0 Å². The van der Waals surface area contributed by atoms with Crippen LogP contribution in [0.4, 0.5) is 5.69 Å². The number of allylic oxidation sites excluding steroid dienone is 4. The van der Waals surface area contributed by atoms with Gasteiger partial charge in [-0.25, -0.2) is 0 Å². The molecule has 0 aliphatic heterocycles. The summed E-state index contributed by atoms with van der Waals surface area (Å²) in [6.07, 6.45) is 9.77. The molecule has 4 heteroatoms. The second kappa shape index (κ2) is 19.3. The van der Waals surface area contributed by atoms with Crippen molar-refractivity contribution in [2.45, 2.75) is 24.0 Å². The molecular weight excluding hydrogens is 849 g/mol. The first-order valence-corrected chi connectivity index (χ1v) is 23.8. The van der Waals surface area contributed by atoms with Gasteiger partial charge in [0.15, 0.2) is 0 Å². The van der Waals surface area contributed by atoms with Crippen LogP contribution in [0.15, 0.2) is 255 Å². The average Bonchev–Trinajstić information content (AvgIpc) is 3.70.